The van der Waals surface area contributed by atoms with Crippen LogP contribution in [-0.4, -0.2) is 21.1 Å². The van der Waals surface area contributed by atoms with E-state index in [0.29, 0.717) is 11.4 Å². The Bertz CT molecular complexity index is 546. The van der Waals surface area contributed by atoms with Crippen LogP contribution in [-0.2, 0) is 0 Å². The lowest BCUT2D eigenvalue weighted by Crippen LogP contribution is -2.02. The molecule has 2 aromatic rings. The summed E-state index contributed by atoms with van der Waals surface area (Å²) in [5.74, 6) is 0.630. The molecular weight excluding hydrogens is 264 g/mol. The maximum atomic E-state index is 12.7. The summed E-state index contributed by atoms with van der Waals surface area (Å²) in [6, 6.07) is 3.41. The van der Waals surface area contributed by atoms with Gasteiger partial charge in [-0.2, -0.15) is 4.39 Å². The average molecular weight is 279 g/mol. The van der Waals surface area contributed by atoms with Crippen molar-refractivity contribution in [3.63, 3.8) is 0 Å². The van der Waals surface area contributed by atoms with Crippen molar-refractivity contribution in [2.45, 2.75) is 25.9 Å². The molecule has 2 atom stereocenters. The molecule has 0 radical (unpaired) electrons. The number of halogens is 1. The largest absolute Gasteiger partial charge is 0.456 e. The standard InChI is InChI=1S/C13H15FN3OP/c1-8(2)11-12(16-6-5-15-11)10-4-3-9(7-17-10)18-13(14)19/h3-8,13H,19H2,1-2H3. The highest BCUT2D eigenvalue weighted by atomic mass is 31.0. The summed E-state index contributed by atoms with van der Waals surface area (Å²) in [6.45, 7) is 4.10. The van der Waals surface area contributed by atoms with Gasteiger partial charge in [0, 0.05) is 12.4 Å². The van der Waals surface area contributed by atoms with E-state index in [1.165, 1.54) is 6.20 Å². The molecular formula is C13H15FN3OP. The third kappa shape index (κ3) is 3.44. The third-order valence-corrected chi connectivity index (χ3v) is 2.64. The fourth-order valence-electron chi connectivity index (χ4n) is 1.69. The first-order chi connectivity index (χ1) is 9.08. The van der Waals surface area contributed by atoms with Gasteiger partial charge in [-0.25, -0.2) is 0 Å². The summed E-state index contributed by atoms with van der Waals surface area (Å²) in [6.07, 6.45) is 3.34. The molecule has 2 aromatic heterocycles. The molecule has 0 saturated heterocycles. The van der Waals surface area contributed by atoms with Crippen molar-refractivity contribution in [2.75, 3.05) is 0 Å². The van der Waals surface area contributed by atoms with Crippen LogP contribution in [0.3, 0.4) is 0 Å². The summed E-state index contributed by atoms with van der Waals surface area (Å²) in [5.41, 5.74) is 2.33. The fourth-order valence-corrected chi connectivity index (χ4v) is 1.85. The van der Waals surface area contributed by atoms with Crippen molar-refractivity contribution >= 4 is 9.24 Å². The molecule has 4 nitrogen and oxygen atoms in total. The summed E-state index contributed by atoms with van der Waals surface area (Å²) < 4.78 is 17.6. The highest BCUT2D eigenvalue weighted by Crippen LogP contribution is 2.25. The minimum Gasteiger partial charge on any atom is -0.456 e. The number of rotatable bonds is 4. The molecule has 0 aliphatic carbocycles. The quantitative estimate of drug-likeness (QED) is 0.806. The SMILES string of the molecule is CC(C)c1nccnc1-c1ccc(OC(F)P)cn1. The zero-order chi connectivity index (χ0) is 13.8. The van der Waals surface area contributed by atoms with E-state index >= 15 is 0 Å². The van der Waals surface area contributed by atoms with Gasteiger partial charge >= 0.3 is 0 Å². The van der Waals surface area contributed by atoms with Crippen LogP contribution in [0.4, 0.5) is 4.39 Å². The number of pyridine rings is 1. The third-order valence-electron chi connectivity index (χ3n) is 2.50. The minimum absolute atomic E-state index is 0.253. The number of hydrogen-bond acceptors (Lipinski definition) is 4. The number of alkyl halides is 1. The summed E-state index contributed by atoms with van der Waals surface area (Å²) in [5, 5.41) is 0. The molecule has 0 saturated carbocycles. The van der Waals surface area contributed by atoms with Crippen molar-refractivity contribution in [1.82, 2.24) is 15.0 Å². The Kier molecular flexibility index (Phi) is 4.38. The first-order valence-electron chi connectivity index (χ1n) is 5.91. The molecule has 0 spiro atoms. The van der Waals surface area contributed by atoms with Crippen LogP contribution in [0, 0.1) is 0 Å². The van der Waals surface area contributed by atoms with E-state index in [-0.39, 0.29) is 5.92 Å². The number of aromatic nitrogens is 3. The van der Waals surface area contributed by atoms with Gasteiger partial charge in [-0.05, 0) is 18.1 Å². The summed E-state index contributed by atoms with van der Waals surface area (Å²) >= 11 is 0. The van der Waals surface area contributed by atoms with Gasteiger partial charge in [-0.15, -0.1) is 0 Å². The Morgan fingerprint density at radius 3 is 2.47 bits per heavy atom. The van der Waals surface area contributed by atoms with Crippen molar-refractivity contribution in [2.24, 2.45) is 0 Å². The van der Waals surface area contributed by atoms with Gasteiger partial charge in [0.25, 0.3) is 0 Å². The number of nitrogens with zero attached hydrogens (tertiary/aromatic N) is 3. The topological polar surface area (TPSA) is 47.9 Å². The molecule has 0 aliphatic heterocycles. The fraction of sp³-hybridized carbons (Fsp3) is 0.308. The Hall–Kier alpha value is -1.61. The number of hydrogen-bond donors (Lipinski definition) is 0. The Balaban J connectivity index is 2.32. The molecule has 0 aliphatic rings. The van der Waals surface area contributed by atoms with Crippen LogP contribution in [0.2, 0.25) is 0 Å². The first kappa shape index (κ1) is 13.8. The number of ether oxygens (including phenoxy) is 1. The van der Waals surface area contributed by atoms with Gasteiger partial charge in [0.1, 0.15) is 11.4 Å². The minimum atomic E-state index is -1.43. The van der Waals surface area contributed by atoms with Gasteiger partial charge < -0.3 is 4.74 Å². The highest BCUT2D eigenvalue weighted by molar-refractivity contribution is 7.16. The van der Waals surface area contributed by atoms with Crippen molar-refractivity contribution in [3.8, 4) is 17.1 Å². The van der Waals surface area contributed by atoms with Crippen molar-refractivity contribution < 1.29 is 9.13 Å². The van der Waals surface area contributed by atoms with Crippen LogP contribution in [0.25, 0.3) is 11.4 Å². The lowest BCUT2D eigenvalue weighted by atomic mass is 10.1. The molecule has 0 N–H and O–H groups in total. The average Bonchev–Trinajstić information content (AvgIpc) is 2.39. The zero-order valence-corrected chi connectivity index (χ0v) is 11.9. The van der Waals surface area contributed by atoms with E-state index in [4.69, 9.17) is 4.74 Å². The maximum absolute atomic E-state index is 12.7. The van der Waals surface area contributed by atoms with Gasteiger partial charge in [-0.1, -0.05) is 23.1 Å². The molecule has 6 heteroatoms. The molecule has 0 bridgehead atoms. The Morgan fingerprint density at radius 1 is 1.16 bits per heavy atom. The van der Waals surface area contributed by atoms with Crippen LogP contribution in [0.1, 0.15) is 25.5 Å². The molecule has 0 aromatic carbocycles. The second-order valence-corrected chi connectivity index (χ2v) is 4.82. The predicted molar refractivity (Wildman–Crippen MR) is 74.6 cm³/mol. The van der Waals surface area contributed by atoms with Gasteiger partial charge in [-0.3, -0.25) is 15.0 Å². The predicted octanol–water partition coefficient (Wildman–Crippen LogP) is 3.17. The monoisotopic (exact) mass is 279 g/mol. The van der Waals surface area contributed by atoms with E-state index in [2.05, 4.69) is 15.0 Å². The van der Waals surface area contributed by atoms with Crippen LogP contribution >= 0.6 is 9.24 Å². The van der Waals surface area contributed by atoms with Gasteiger partial charge in [0.15, 0.2) is 0 Å². The summed E-state index contributed by atoms with van der Waals surface area (Å²) in [7, 11) is 1.92. The molecule has 2 unspecified atom stereocenters. The normalized spacial score (nSPS) is 12.5. The van der Waals surface area contributed by atoms with E-state index in [1.54, 1.807) is 24.5 Å². The zero-order valence-electron chi connectivity index (χ0n) is 10.7. The smallest absolute Gasteiger partial charge is 0.249 e. The van der Waals surface area contributed by atoms with Gasteiger partial charge in [0.2, 0.25) is 6.10 Å². The van der Waals surface area contributed by atoms with E-state index in [0.717, 1.165) is 11.4 Å². The van der Waals surface area contributed by atoms with Crippen LogP contribution < -0.4 is 4.74 Å². The van der Waals surface area contributed by atoms with E-state index in [9.17, 15) is 4.39 Å². The summed E-state index contributed by atoms with van der Waals surface area (Å²) in [4.78, 5) is 12.9. The van der Waals surface area contributed by atoms with Gasteiger partial charge in [0.05, 0.1) is 17.6 Å². The lowest BCUT2D eigenvalue weighted by molar-refractivity contribution is 0.153. The Labute approximate surface area is 113 Å². The molecule has 19 heavy (non-hydrogen) atoms. The lowest BCUT2D eigenvalue weighted by Gasteiger charge is -2.10. The van der Waals surface area contributed by atoms with Crippen molar-refractivity contribution in [3.05, 3.63) is 36.4 Å². The molecule has 0 amide bonds. The molecule has 0 fully saturated rings. The van der Waals surface area contributed by atoms with Crippen LogP contribution in [0.5, 0.6) is 5.75 Å². The van der Waals surface area contributed by atoms with Crippen LogP contribution in [0.15, 0.2) is 30.7 Å². The molecule has 2 rings (SSSR count). The van der Waals surface area contributed by atoms with E-state index in [1.807, 2.05) is 23.1 Å². The Morgan fingerprint density at radius 2 is 1.89 bits per heavy atom. The maximum Gasteiger partial charge on any atom is 0.249 e. The van der Waals surface area contributed by atoms with Crippen molar-refractivity contribution in [1.29, 1.82) is 0 Å². The second-order valence-electron chi connectivity index (χ2n) is 4.29. The highest BCUT2D eigenvalue weighted by Gasteiger charge is 2.12. The van der Waals surface area contributed by atoms with E-state index < -0.39 is 6.10 Å². The first-order valence-corrected chi connectivity index (χ1v) is 6.58. The molecule has 2 heterocycles. The second kappa shape index (κ2) is 6.02. The molecule has 100 valence electrons.